The second-order valence-electron chi connectivity index (χ2n) is 0.288. The Morgan fingerprint density at radius 1 is 2.50 bits per heavy atom. The molecule has 0 aromatic carbocycles. The first kappa shape index (κ1) is 1.76. The van der Waals surface area contributed by atoms with E-state index >= 15 is 0 Å². The molecule has 0 rings (SSSR count). The Morgan fingerprint density at radius 2 is 3.25 bits per heavy atom. The third-order valence-corrected chi connectivity index (χ3v) is 0.105. The van der Waals surface area contributed by atoms with Crippen LogP contribution in [0.15, 0.2) is 5.16 Å². The average Bonchev–Trinajstić information content (AvgIpc) is 1.41. The molecule has 0 N–H and O–H groups in total. The van der Waals surface area contributed by atoms with Gasteiger partial charge in [-0.1, -0.05) is 0 Å². The van der Waals surface area contributed by atoms with E-state index in [1.54, 1.807) is 0 Å². The van der Waals surface area contributed by atoms with Crippen LogP contribution in [0.4, 0.5) is 0 Å². The summed E-state index contributed by atoms with van der Waals surface area (Å²) in [6.45, 7) is 0.833. The normalized spacial score (nSPS) is 11.8. The number of oxime groups is 1. The zero-order valence-corrected chi connectivity index (χ0v) is 2.43. The molecule has 0 amide bonds. The van der Waals surface area contributed by atoms with Crippen molar-refractivity contribution in [2.75, 3.05) is 7.11 Å². The van der Waals surface area contributed by atoms with E-state index in [4.69, 9.17) is 1.37 Å². The van der Waals surface area contributed by atoms with E-state index < -0.39 is 0 Å². The fourth-order valence-electron chi connectivity index (χ4n) is 0. The molecule has 0 saturated carbocycles. The van der Waals surface area contributed by atoms with Gasteiger partial charge in [-0.15, -0.1) is 5.16 Å². The molecule has 2 heteroatoms. The summed E-state index contributed by atoms with van der Waals surface area (Å²) in [5.41, 5.74) is 0. The Balaban J connectivity index is 2.62. The Morgan fingerprint density at radius 3 is 3.25 bits per heavy atom. The van der Waals surface area contributed by atoms with Gasteiger partial charge in [-0.05, 0) is 0 Å². The molecule has 0 aliphatic carbocycles. The van der Waals surface area contributed by atoms with E-state index in [0.29, 0.717) is 0 Å². The van der Waals surface area contributed by atoms with E-state index in [1.807, 2.05) is 0 Å². The van der Waals surface area contributed by atoms with Gasteiger partial charge in [0, 0.05) is 6.69 Å². The van der Waals surface area contributed by atoms with Gasteiger partial charge in [-0.2, -0.15) is 0 Å². The zero-order chi connectivity index (χ0) is 4.12. The molecule has 0 aliphatic heterocycles. The molecule has 0 aliphatic rings. The molecule has 0 aromatic heterocycles. The Bertz CT molecular complexity index is 36.6. The first-order valence-corrected chi connectivity index (χ1v) is 0.849. The van der Waals surface area contributed by atoms with Crippen LogP contribution in [0.5, 0.6) is 0 Å². The summed E-state index contributed by atoms with van der Waals surface area (Å²) < 4.78 is 6.19. The molecule has 4 heavy (non-hydrogen) atoms. The first-order chi connectivity index (χ1) is 2.41. The van der Waals surface area contributed by atoms with Crippen LogP contribution in [0.25, 0.3) is 0 Å². The smallest absolute Gasteiger partial charge is 0.106 e. The maximum atomic E-state index is 6.19. The summed E-state index contributed by atoms with van der Waals surface area (Å²) in [6.07, 6.45) is 0. The summed E-state index contributed by atoms with van der Waals surface area (Å²) in [5.74, 6) is 0. The second kappa shape index (κ2) is 2.47. The lowest BCUT2D eigenvalue weighted by Gasteiger charge is -1.71. The fraction of sp³-hybridized carbons (Fsp3) is 0.500. The standard InChI is InChI=1S/C2H5NO/c1-3-4-2/h1H2,2H3/i1D. The molecule has 0 fully saturated rings. The van der Waals surface area contributed by atoms with Crippen LogP contribution in [0.3, 0.4) is 0 Å². The highest BCUT2D eigenvalue weighted by molar-refractivity contribution is 5.21. The van der Waals surface area contributed by atoms with Crippen LogP contribution in [-0.2, 0) is 4.84 Å². The van der Waals surface area contributed by atoms with Crippen molar-refractivity contribution in [3.05, 3.63) is 0 Å². The van der Waals surface area contributed by atoms with E-state index in [1.165, 1.54) is 7.11 Å². The molecule has 0 atom stereocenters. The first-order valence-electron chi connectivity index (χ1n) is 1.43. The van der Waals surface area contributed by atoms with Gasteiger partial charge in [0.1, 0.15) is 7.11 Å². The quantitative estimate of drug-likeness (QED) is 0.314. The predicted molar refractivity (Wildman–Crippen MR) is 16.6 cm³/mol. The third-order valence-electron chi connectivity index (χ3n) is 0.105. The van der Waals surface area contributed by atoms with Crippen LogP contribution >= 0.6 is 0 Å². The van der Waals surface area contributed by atoms with Crippen LogP contribution in [-0.4, -0.2) is 13.8 Å². The van der Waals surface area contributed by atoms with Crippen molar-refractivity contribution in [2.24, 2.45) is 5.16 Å². The van der Waals surface area contributed by atoms with Crippen LogP contribution in [0.1, 0.15) is 1.37 Å². The van der Waals surface area contributed by atoms with E-state index in [0.717, 1.165) is 6.69 Å². The summed E-state index contributed by atoms with van der Waals surface area (Å²) in [6, 6.07) is 0. The number of hydrogen-bond donors (Lipinski definition) is 0. The van der Waals surface area contributed by atoms with Gasteiger partial charge in [0.2, 0.25) is 0 Å². The maximum absolute atomic E-state index is 6.19. The number of nitrogens with zero attached hydrogens (tertiary/aromatic N) is 1. The van der Waals surface area contributed by atoms with Crippen molar-refractivity contribution in [2.45, 2.75) is 0 Å². The maximum Gasteiger partial charge on any atom is 0.106 e. The van der Waals surface area contributed by atoms with Crippen molar-refractivity contribution in [1.29, 1.82) is 0 Å². The number of rotatable bonds is 1. The lowest BCUT2D eigenvalue weighted by molar-refractivity contribution is 0.217. The van der Waals surface area contributed by atoms with Crippen molar-refractivity contribution >= 4 is 6.69 Å². The van der Waals surface area contributed by atoms with Crippen LogP contribution < -0.4 is 0 Å². The molecule has 0 bridgehead atoms. The van der Waals surface area contributed by atoms with Gasteiger partial charge in [-0.3, -0.25) is 0 Å². The summed E-state index contributed by atoms with van der Waals surface area (Å²) in [7, 11) is 1.39. The Kier molecular flexibility index (Phi) is 1.09. The van der Waals surface area contributed by atoms with Crippen molar-refractivity contribution in [1.82, 2.24) is 0 Å². The van der Waals surface area contributed by atoms with E-state index in [9.17, 15) is 0 Å². The predicted octanol–water partition coefficient (Wildman–Crippen LogP) is 0.248. The molecular formula is C2H5NO. The Labute approximate surface area is 26.5 Å². The van der Waals surface area contributed by atoms with Crippen molar-refractivity contribution in [3.63, 3.8) is 0 Å². The SMILES string of the molecule is [2H]C=NOC. The molecule has 0 aromatic rings. The number of hydrogen-bond acceptors (Lipinski definition) is 2. The minimum absolute atomic E-state index is 0.833. The van der Waals surface area contributed by atoms with E-state index in [-0.39, 0.29) is 0 Å². The van der Waals surface area contributed by atoms with Crippen molar-refractivity contribution < 1.29 is 6.21 Å². The van der Waals surface area contributed by atoms with Crippen molar-refractivity contribution in [3.8, 4) is 0 Å². The average molecular weight is 60.1 g/mol. The molecule has 2 nitrogen and oxygen atoms in total. The van der Waals surface area contributed by atoms with Gasteiger partial charge >= 0.3 is 0 Å². The molecule has 0 radical (unpaired) electrons. The molecule has 0 spiro atoms. The summed E-state index contributed by atoms with van der Waals surface area (Å²) in [4.78, 5) is 4.07. The molecule has 0 saturated heterocycles. The zero-order valence-electron chi connectivity index (χ0n) is 3.43. The topological polar surface area (TPSA) is 21.6 Å². The highest BCUT2D eigenvalue weighted by Crippen LogP contribution is 1.49. The van der Waals surface area contributed by atoms with E-state index in [2.05, 4.69) is 9.99 Å². The minimum Gasteiger partial charge on any atom is -0.400 e. The molecule has 0 unspecified atom stereocenters. The largest absolute Gasteiger partial charge is 0.400 e. The lowest BCUT2D eigenvalue weighted by atomic mass is 11.7. The monoisotopic (exact) mass is 60.0 g/mol. The minimum atomic E-state index is 0.833. The fourth-order valence-corrected chi connectivity index (χ4v) is 0. The molecule has 0 heterocycles. The van der Waals surface area contributed by atoms with Gasteiger partial charge < -0.3 is 4.84 Å². The van der Waals surface area contributed by atoms with Crippen LogP contribution in [0.2, 0.25) is 0 Å². The van der Waals surface area contributed by atoms with Gasteiger partial charge in [-0.25, -0.2) is 0 Å². The summed E-state index contributed by atoms with van der Waals surface area (Å²) in [5, 5.41) is 3.01. The van der Waals surface area contributed by atoms with Gasteiger partial charge in [0.15, 0.2) is 0 Å². The van der Waals surface area contributed by atoms with Gasteiger partial charge in [0.25, 0.3) is 0 Å². The Hall–Kier alpha value is -0.530. The van der Waals surface area contributed by atoms with Gasteiger partial charge in [0.05, 0.1) is 1.37 Å². The third kappa shape index (κ3) is 1.47. The van der Waals surface area contributed by atoms with Crippen LogP contribution in [0, 0.1) is 0 Å². The second-order valence-corrected chi connectivity index (χ2v) is 0.288. The highest BCUT2D eigenvalue weighted by Gasteiger charge is 1.35. The summed E-state index contributed by atoms with van der Waals surface area (Å²) >= 11 is 0. The highest BCUT2D eigenvalue weighted by atomic mass is 16.6. The lowest BCUT2D eigenvalue weighted by Crippen LogP contribution is -1.55. The molecular weight excluding hydrogens is 54.0 g/mol. The molecule has 24 valence electrons.